The zero-order valence-corrected chi connectivity index (χ0v) is 28.6. The van der Waals surface area contributed by atoms with Crippen molar-refractivity contribution in [3.63, 3.8) is 0 Å². The predicted molar refractivity (Wildman–Crippen MR) is 211 cm³/mol. The highest BCUT2D eigenvalue weighted by atomic mass is 32.2. The fourth-order valence-electron chi connectivity index (χ4n) is 7.75. The Kier molecular flexibility index (Phi) is 7.25. The average molecular weight is 697 g/mol. The Balaban J connectivity index is 1.24. The highest BCUT2D eigenvalue weighted by molar-refractivity contribution is 8.00. The number of anilines is 6. The normalized spacial score (nSPS) is 15.7. The number of benzene rings is 7. The van der Waals surface area contributed by atoms with Gasteiger partial charge in [-0.15, -0.1) is 11.8 Å². The molecule has 8 aromatic rings. The Labute approximate surface area is 304 Å². The summed E-state index contributed by atoms with van der Waals surface area (Å²) in [6.07, 6.45) is 4.56. The standard InChI is InChI=1S/C46H30F2N2OS/c47-31-24-32(48)26-38(25-31)50(35-16-18-41-40(28-35)45-42(51-41)19-17-39-43-20-21-44(52-43)46(39)45)37-23-30(29-10-4-1-5-11-29)22-36(27-37)49(33-12-6-2-7-13-33)34-14-8-3-9-15-34/h1-28,43-44H. The van der Waals surface area contributed by atoms with Gasteiger partial charge < -0.3 is 14.2 Å². The number of halogens is 2. The van der Waals surface area contributed by atoms with Crippen LogP contribution in [0.4, 0.5) is 42.9 Å². The van der Waals surface area contributed by atoms with Crippen molar-refractivity contribution in [2.75, 3.05) is 9.80 Å². The highest BCUT2D eigenvalue weighted by Gasteiger charge is 2.36. The SMILES string of the molecule is Fc1cc(F)cc(N(c2cc(-c3ccccc3)cc(N(c3ccccc3)c3ccccc3)c2)c2ccc3oc4ccc5c(c4c3c2)C2C=CC5S2)c1. The molecular formula is C46H30F2N2OS. The molecule has 6 heteroatoms. The minimum atomic E-state index is -0.651. The third-order valence-electron chi connectivity index (χ3n) is 9.96. The van der Waals surface area contributed by atoms with E-state index in [1.54, 1.807) is 0 Å². The van der Waals surface area contributed by atoms with Crippen LogP contribution in [-0.2, 0) is 0 Å². The lowest BCUT2D eigenvalue weighted by Gasteiger charge is -2.30. The Bertz CT molecular complexity index is 2600. The number of thioether (sulfide) groups is 1. The number of nitrogens with zero attached hydrogens (tertiary/aromatic N) is 2. The van der Waals surface area contributed by atoms with Gasteiger partial charge in [-0.1, -0.05) is 84.9 Å². The van der Waals surface area contributed by atoms with Crippen molar-refractivity contribution in [3.05, 3.63) is 193 Å². The van der Waals surface area contributed by atoms with Crippen molar-refractivity contribution in [2.24, 2.45) is 0 Å². The lowest BCUT2D eigenvalue weighted by molar-refractivity contribution is 0.584. The number of rotatable bonds is 7. The van der Waals surface area contributed by atoms with Crippen LogP contribution in [0.2, 0.25) is 0 Å². The van der Waals surface area contributed by atoms with Gasteiger partial charge >= 0.3 is 0 Å². The van der Waals surface area contributed by atoms with Crippen LogP contribution in [0.3, 0.4) is 0 Å². The smallest absolute Gasteiger partial charge is 0.135 e. The van der Waals surface area contributed by atoms with Crippen molar-refractivity contribution >= 4 is 67.8 Å². The molecule has 2 bridgehead atoms. The quantitative estimate of drug-likeness (QED) is 0.154. The van der Waals surface area contributed by atoms with Crippen LogP contribution in [-0.4, -0.2) is 0 Å². The van der Waals surface area contributed by atoms with Gasteiger partial charge in [0.1, 0.15) is 22.8 Å². The minimum absolute atomic E-state index is 0.272. The molecule has 3 nitrogen and oxygen atoms in total. The van der Waals surface area contributed by atoms with Crippen molar-refractivity contribution in [1.82, 2.24) is 0 Å². The van der Waals surface area contributed by atoms with E-state index in [9.17, 15) is 0 Å². The molecule has 0 spiro atoms. The van der Waals surface area contributed by atoms with Gasteiger partial charge in [-0.05, 0) is 101 Å². The second-order valence-electron chi connectivity index (χ2n) is 13.2. The summed E-state index contributed by atoms with van der Waals surface area (Å²) in [6.45, 7) is 0. The van der Waals surface area contributed by atoms with Gasteiger partial charge in [0.15, 0.2) is 0 Å². The summed E-state index contributed by atoms with van der Waals surface area (Å²) >= 11 is 1.94. The van der Waals surface area contributed by atoms with E-state index in [1.807, 2.05) is 83.4 Å². The van der Waals surface area contributed by atoms with Crippen LogP contribution in [0.25, 0.3) is 33.1 Å². The van der Waals surface area contributed by atoms with E-state index in [2.05, 4.69) is 89.8 Å². The molecule has 2 unspecified atom stereocenters. The zero-order valence-electron chi connectivity index (χ0n) is 27.8. The van der Waals surface area contributed by atoms with Crippen molar-refractivity contribution in [1.29, 1.82) is 0 Å². The van der Waals surface area contributed by atoms with Gasteiger partial charge in [0, 0.05) is 55.8 Å². The number of furan rings is 1. The molecule has 250 valence electrons. The Morgan fingerprint density at radius 3 is 1.71 bits per heavy atom. The van der Waals surface area contributed by atoms with E-state index in [0.29, 0.717) is 10.9 Å². The summed E-state index contributed by atoms with van der Waals surface area (Å²) in [5, 5.41) is 2.69. The fraction of sp³-hybridized carbons (Fsp3) is 0.0435. The van der Waals surface area contributed by atoms with Crippen LogP contribution in [0, 0.1) is 11.6 Å². The van der Waals surface area contributed by atoms with E-state index in [-0.39, 0.29) is 5.25 Å². The second-order valence-corrected chi connectivity index (χ2v) is 14.4. The molecule has 7 aromatic carbocycles. The third-order valence-corrected chi connectivity index (χ3v) is 11.3. The summed E-state index contributed by atoms with van der Waals surface area (Å²) in [5.41, 5.74) is 10.9. The van der Waals surface area contributed by atoms with Crippen LogP contribution in [0.1, 0.15) is 21.6 Å². The Hall–Kier alpha value is -6.11. The molecule has 10 rings (SSSR count). The van der Waals surface area contributed by atoms with Crippen molar-refractivity contribution in [2.45, 2.75) is 10.5 Å². The first kappa shape index (κ1) is 30.7. The van der Waals surface area contributed by atoms with Crippen LogP contribution in [0.15, 0.2) is 174 Å². The lowest BCUT2D eigenvalue weighted by atomic mass is 9.92. The first-order valence-corrected chi connectivity index (χ1v) is 18.2. The molecule has 1 aromatic heterocycles. The maximum Gasteiger partial charge on any atom is 0.135 e. The molecule has 52 heavy (non-hydrogen) atoms. The van der Waals surface area contributed by atoms with Gasteiger partial charge in [-0.3, -0.25) is 0 Å². The Morgan fingerprint density at radius 2 is 1.04 bits per heavy atom. The first-order chi connectivity index (χ1) is 25.6. The number of para-hydroxylation sites is 2. The summed E-state index contributed by atoms with van der Waals surface area (Å²) in [7, 11) is 0. The first-order valence-electron chi connectivity index (χ1n) is 17.3. The molecule has 2 aliphatic heterocycles. The summed E-state index contributed by atoms with van der Waals surface area (Å²) in [5.74, 6) is -1.30. The van der Waals surface area contributed by atoms with Crippen LogP contribution >= 0.6 is 11.8 Å². The molecule has 0 amide bonds. The predicted octanol–water partition coefficient (Wildman–Crippen LogP) is 13.9. The van der Waals surface area contributed by atoms with E-state index in [0.717, 1.165) is 67.6 Å². The summed E-state index contributed by atoms with van der Waals surface area (Å²) in [4.78, 5) is 4.15. The fourth-order valence-corrected chi connectivity index (χ4v) is 9.17. The van der Waals surface area contributed by atoms with E-state index in [1.165, 1.54) is 23.3 Å². The van der Waals surface area contributed by atoms with Crippen LogP contribution < -0.4 is 9.80 Å². The molecule has 0 aliphatic carbocycles. The van der Waals surface area contributed by atoms with Gasteiger partial charge in [-0.25, -0.2) is 8.78 Å². The number of hydrogen-bond acceptors (Lipinski definition) is 4. The Morgan fingerprint density at radius 1 is 0.462 bits per heavy atom. The lowest BCUT2D eigenvalue weighted by Crippen LogP contribution is -2.14. The minimum Gasteiger partial charge on any atom is -0.456 e. The highest BCUT2D eigenvalue weighted by Crippen LogP contribution is 2.59. The molecule has 0 saturated heterocycles. The maximum atomic E-state index is 15.2. The van der Waals surface area contributed by atoms with Gasteiger partial charge in [0.2, 0.25) is 0 Å². The monoisotopic (exact) mass is 696 g/mol. The molecule has 0 fully saturated rings. The van der Waals surface area contributed by atoms with Gasteiger partial charge in [-0.2, -0.15) is 0 Å². The summed E-state index contributed by atoms with van der Waals surface area (Å²) < 4.78 is 36.7. The molecule has 2 aliphatic rings. The molecule has 3 heterocycles. The molecule has 0 N–H and O–H groups in total. The molecule has 2 atom stereocenters. The van der Waals surface area contributed by atoms with E-state index < -0.39 is 11.6 Å². The number of hydrogen-bond donors (Lipinski definition) is 0. The van der Waals surface area contributed by atoms with Gasteiger partial charge in [0.05, 0.1) is 5.69 Å². The molecule has 0 saturated carbocycles. The maximum absolute atomic E-state index is 15.2. The van der Waals surface area contributed by atoms with E-state index in [4.69, 9.17) is 4.42 Å². The second kappa shape index (κ2) is 12.3. The largest absolute Gasteiger partial charge is 0.456 e. The van der Waals surface area contributed by atoms with Gasteiger partial charge in [0.25, 0.3) is 0 Å². The van der Waals surface area contributed by atoms with E-state index >= 15 is 8.78 Å². The van der Waals surface area contributed by atoms with Crippen LogP contribution in [0.5, 0.6) is 0 Å². The average Bonchev–Trinajstić information content (AvgIpc) is 3.90. The zero-order chi connectivity index (χ0) is 34.8. The third kappa shape index (κ3) is 5.18. The van der Waals surface area contributed by atoms with Crippen molar-refractivity contribution in [3.8, 4) is 11.1 Å². The van der Waals surface area contributed by atoms with Crippen molar-refractivity contribution < 1.29 is 13.2 Å². The number of fused-ring (bicyclic) bond motifs is 9. The molecular weight excluding hydrogens is 667 g/mol. The molecule has 0 radical (unpaired) electrons. The topological polar surface area (TPSA) is 19.6 Å². The summed E-state index contributed by atoms with van der Waals surface area (Å²) in [6, 6.07) is 51.0.